The topological polar surface area (TPSA) is 65.9 Å². The summed E-state index contributed by atoms with van der Waals surface area (Å²) in [6.45, 7) is 10.1. The lowest BCUT2D eigenvalue weighted by Gasteiger charge is -2.28. The number of halogens is 1. The van der Waals surface area contributed by atoms with Gasteiger partial charge < -0.3 is 20.5 Å². The predicted octanol–water partition coefficient (Wildman–Crippen LogP) is 2.96. The molecule has 0 aliphatic carbocycles. The second kappa shape index (κ2) is 9.58. The fraction of sp³-hybridized carbons (Fsp3) is 0.650. The average molecular weight is 382 g/mol. The third-order valence-electron chi connectivity index (χ3n) is 5.04. The first kappa shape index (κ1) is 21.0. The second-order valence-electron chi connectivity index (χ2n) is 7.69. The number of nitrogens with one attached hydrogen (secondary N) is 2. The molecule has 0 saturated carbocycles. The first-order chi connectivity index (χ1) is 12.4. The van der Waals surface area contributed by atoms with Crippen molar-refractivity contribution in [3.8, 4) is 0 Å². The molecular weight excluding hydrogens is 350 g/mol. The van der Waals surface area contributed by atoms with Crippen molar-refractivity contribution in [1.82, 2.24) is 10.6 Å². The maximum absolute atomic E-state index is 9.38. The summed E-state index contributed by atoms with van der Waals surface area (Å²) in [6.07, 6.45) is 1.70. The second-order valence-corrected chi connectivity index (χ2v) is 8.10. The smallest absolute Gasteiger partial charge is 0.191 e. The van der Waals surface area contributed by atoms with Gasteiger partial charge in [0.15, 0.2) is 5.96 Å². The predicted molar refractivity (Wildman–Crippen MR) is 108 cm³/mol. The van der Waals surface area contributed by atoms with Crippen LogP contribution in [0.5, 0.6) is 0 Å². The molecule has 2 rings (SSSR count). The normalized spacial score (nSPS) is 21.0. The summed E-state index contributed by atoms with van der Waals surface area (Å²) >= 11 is 6.37. The summed E-state index contributed by atoms with van der Waals surface area (Å²) in [7, 11) is 0. The van der Waals surface area contributed by atoms with Crippen LogP contribution < -0.4 is 10.6 Å². The number of hydrogen-bond donors (Lipinski definition) is 3. The molecule has 1 fully saturated rings. The van der Waals surface area contributed by atoms with Gasteiger partial charge >= 0.3 is 0 Å². The van der Waals surface area contributed by atoms with E-state index in [-0.39, 0.29) is 17.4 Å². The van der Waals surface area contributed by atoms with Gasteiger partial charge in [0, 0.05) is 42.2 Å². The van der Waals surface area contributed by atoms with Gasteiger partial charge in [-0.05, 0) is 31.4 Å². The Bertz CT molecular complexity index is 598. The SMILES string of the molecule is CCNC(=NCC(C)(C)c1ccccc1Cl)NCC1(CCO)CCOC1. The Morgan fingerprint density at radius 2 is 2.12 bits per heavy atom. The Labute approximate surface area is 162 Å². The molecule has 0 amide bonds. The molecule has 1 aromatic carbocycles. The number of benzene rings is 1. The van der Waals surface area contributed by atoms with Gasteiger partial charge in [-0.2, -0.15) is 0 Å². The summed E-state index contributed by atoms with van der Waals surface area (Å²) in [5, 5.41) is 16.9. The van der Waals surface area contributed by atoms with Crippen LogP contribution in [0.15, 0.2) is 29.3 Å². The lowest BCUT2D eigenvalue weighted by atomic mass is 9.84. The average Bonchev–Trinajstić information content (AvgIpc) is 3.07. The van der Waals surface area contributed by atoms with Crippen molar-refractivity contribution in [3.63, 3.8) is 0 Å². The van der Waals surface area contributed by atoms with Gasteiger partial charge in [0.05, 0.1) is 13.2 Å². The van der Waals surface area contributed by atoms with E-state index < -0.39 is 0 Å². The molecule has 6 heteroatoms. The summed E-state index contributed by atoms with van der Waals surface area (Å²) in [5.41, 5.74) is 0.922. The van der Waals surface area contributed by atoms with Crippen molar-refractivity contribution in [2.75, 3.05) is 39.5 Å². The summed E-state index contributed by atoms with van der Waals surface area (Å²) in [4.78, 5) is 4.79. The fourth-order valence-corrected chi connectivity index (χ4v) is 3.69. The number of rotatable bonds is 8. The molecule has 1 unspecified atom stereocenters. The van der Waals surface area contributed by atoms with Gasteiger partial charge in [0.25, 0.3) is 0 Å². The van der Waals surface area contributed by atoms with Crippen LogP contribution in [0.3, 0.4) is 0 Å². The molecule has 1 aliphatic rings. The quantitative estimate of drug-likeness (QED) is 0.478. The van der Waals surface area contributed by atoms with E-state index >= 15 is 0 Å². The Kier molecular flexibility index (Phi) is 7.74. The Morgan fingerprint density at radius 3 is 2.73 bits per heavy atom. The Hall–Kier alpha value is -1.30. The van der Waals surface area contributed by atoms with Crippen LogP contribution in [0.25, 0.3) is 0 Å². The van der Waals surface area contributed by atoms with Gasteiger partial charge in [0.2, 0.25) is 0 Å². The molecule has 26 heavy (non-hydrogen) atoms. The van der Waals surface area contributed by atoms with Crippen LogP contribution in [-0.2, 0) is 10.2 Å². The maximum atomic E-state index is 9.38. The molecule has 1 heterocycles. The molecule has 1 aliphatic heterocycles. The summed E-state index contributed by atoms with van der Waals surface area (Å²) in [6, 6.07) is 7.94. The van der Waals surface area contributed by atoms with Crippen molar-refractivity contribution in [1.29, 1.82) is 0 Å². The van der Waals surface area contributed by atoms with Gasteiger partial charge in [-0.25, -0.2) is 0 Å². The van der Waals surface area contributed by atoms with E-state index in [0.717, 1.165) is 49.1 Å². The van der Waals surface area contributed by atoms with E-state index in [1.807, 2.05) is 18.2 Å². The molecule has 1 saturated heterocycles. The van der Waals surface area contributed by atoms with Crippen LogP contribution in [0, 0.1) is 5.41 Å². The molecule has 146 valence electrons. The fourth-order valence-electron chi connectivity index (χ4n) is 3.30. The van der Waals surface area contributed by atoms with Crippen molar-refractivity contribution >= 4 is 17.6 Å². The minimum Gasteiger partial charge on any atom is -0.396 e. The van der Waals surface area contributed by atoms with Crippen LogP contribution in [0.4, 0.5) is 0 Å². The van der Waals surface area contributed by atoms with Crippen molar-refractivity contribution < 1.29 is 9.84 Å². The first-order valence-corrected chi connectivity index (χ1v) is 9.76. The number of nitrogens with zero attached hydrogens (tertiary/aromatic N) is 1. The van der Waals surface area contributed by atoms with Crippen LogP contribution in [-0.4, -0.2) is 50.5 Å². The molecule has 0 aromatic heterocycles. The minimum atomic E-state index is -0.167. The summed E-state index contributed by atoms with van der Waals surface area (Å²) in [5.74, 6) is 0.789. The van der Waals surface area contributed by atoms with E-state index in [2.05, 4.69) is 37.5 Å². The van der Waals surface area contributed by atoms with Crippen LogP contribution in [0.2, 0.25) is 5.02 Å². The van der Waals surface area contributed by atoms with E-state index in [9.17, 15) is 5.11 Å². The Balaban J connectivity index is 2.05. The lowest BCUT2D eigenvalue weighted by Crippen LogP contribution is -2.45. The van der Waals surface area contributed by atoms with Gasteiger partial charge in [-0.3, -0.25) is 4.99 Å². The zero-order valence-corrected chi connectivity index (χ0v) is 16.9. The number of ether oxygens (including phenoxy) is 1. The number of aliphatic hydroxyl groups excluding tert-OH is 1. The first-order valence-electron chi connectivity index (χ1n) is 9.38. The zero-order chi connectivity index (χ0) is 19.0. The van der Waals surface area contributed by atoms with Gasteiger partial charge in [-0.15, -0.1) is 0 Å². The lowest BCUT2D eigenvalue weighted by molar-refractivity contribution is 0.127. The molecule has 1 atom stereocenters. The molecule has 0 radical (unpaired) electrons. The number of aliphatic imine (C=N–C) groups is 1. The minimum absolute atomic E-state index is 0.0107. The molecular formula is C20H32ClN3O2. The van der Waals surface area contributed by atoms with Crippen molar-refractivity contribution in [2.24, 2.45) is 10.4 Å². The van der Waals surface area contributed by atoms with Gasteiger partial charge in [-0.1, -0.05) is 43.6 Å². The highest BCUT2D eigenvalue weighted by molar-refractivity contribution is 6.31. The maximum Gasteiger partial charge on any atom is 0.191 e. The molecule has 0 spiro atoms. The summed E-state index contributed by atoms with van der Waals surface area (Å²) < 4.78 is 5.56. The monoisotopic (exact) mass is 381 g/mol. The largest absolute Gasteiger partial charge is 0.396 e. The molecule has 5 nitrogen and oxygen atoms in total. The molecule has 3 N–H and O–H groups in total. The van der Waals surface area contributed by atoms with Crippen LogP contribution in [0.1, 0.15) is 39.2 Å². The Morgan fingerprint density at radius 1 is 1.35 bits per heavy atom. The number of aliphatic hydroxyl groups is 1. The number of hydrogen-bond acceptors (Lipinski definition) is 3. The van der Waals surface area contributed by atoms with Gasteiger partial charge in [0.1, 0.15) is 0 Å². The number of guanidine groups is 1. The van der Waals surface area contributed by atoms with E-state index in [1.165, 1.54) is 0 Å². The van der Waals surface area contributed by atoms with Crippen molar-refractivity contribution in [2.45, 2.75) is 39.0 Å². The zero-order valence-electron chi connectivity index (χ0n) is 16.1. The van der Waals surface area contributed by atoms with Crippen LogP contribution >= 0.6 is 11.6 Å². The van der Waals surface area contributed by atoms with E-state index in [1.54, 1.807) is 0 Å². The highest BCUT2D eigenvalue weighted by Crippen LogP contribution is 2.32. The standard InChI is InChI=1S/C20H32ClN3O2/c1-4-22-18(24-14-20(9-11-25)10-12-26-15-20)23-13-19(2,3)16-7-5-6-8-17(16)21/h5-8,25H,4,9-15H2,1-3H3,(H2,22,23,24). The van der Waals surface area contributed by atoms with E-state index in [0.29, 0.717) is 13.2 Å². The van der Waals surface area contributed by atoms with E-state index in [4.69, 9.17) is 21.3 Å². The highest BCUT2D eigenvalue weighted by atomic mass is 35.5. The molecule has 1 aromatic rings. The third-order valence-corrected chi connectivity index (χ3v) is 5.37. The van der Waals surface area contributed by atoms with Crippen molar-refractivity contribution in [3.05, 3.63) is 34.9 Å². The highest BCUT2D eigenvalue weighted by Gasteiger charge is 2.34. The third kappa shape index (κ3) is 5.60. The molecule has 0 bridgehead atoms.